The van der Waals surface area contributed by atoms with Crippen LogP contribution >= 0.6 is 11.6 Å². The van der Waals surface area contributed by atoms with E-state index in [9.17, 15) is 18.0 Å². The molecule has 0 saturated heterocycles. The number of benzene rings is 2. The lowest BCUT2D eigenvalue weighted by Gasteiger charge is -2.12. The topological polar surface area (TPSA) is 38.3 Å². The summed E-state index contributed by atoms with van der Waals surface area (Å²) in [5.41, 5.74) is -0.381. The average Bonchev–Trinajstić information content (AvgIpc) is 2.40. The van der Waals surface area contributed by atoms with Gasteiger partial charge >= 0.3 is 6.61 Å². The molecule has 0 aliphatic rings. The van der Waals surface area contributed by atoms with E-state index in [0.717, 1.165) is 6.07 Å². The fourth-order valence-corrected chi connectivity index (χ4v) is 1.92. The van der Waals surface area contributed by atoms with Gasteiger partial charge in [-0.15, -0.1) is 0 Å². The van der Waals surface area contributed by atoms with E-state index in [0.29, 0.717) is 0 Å². The van der Waals surface area contributed by atoms with E-state index < -0.39 is 18.3 Å². The van der Waals surface area contributed by atoms with Crippen LogP contribution in [0.5, 0.6) is 5.75 Å². The lowest BCUT2D eigenvalue weighted by molar-refractivity contribution is -0.0493. The lowest BCUT2D eigenvalue weighted by atomic mass is 10.2. The molecule has 1 amide bonds. The van der Waals surface area contributed by atoms with Crippen molar-refractivity contribution in [1.82, 2.24) is 0 Å². The Bertz CT molecular complexity index is 644. The van der Waals surface area contributed by atoms with Crippen molar-refractivity contribution in [2.45, 2.75) is 6.61 Å². The van der Waals surface area contributed by atoms with Gasteiger partial charge < -0.3 is 10.1 Å². The molecule has 0 spiro atoms. The molecule has 0 radical (unpaired) electrons. The maximum absolute atomic E-state index is 13.6. The molecule has 7 heteroatoms. The summed E-state index contributed by atoms with van der Waals surface area (Å²) >= 11 is 5.76. The smallest absolute Gasteiger partial charge is 0.387 e. The monoisotopic (exact) mass is 315 g/mol. The van der Waals surface area contributed by atoms with Crippen molar-refractivity contribution in [3.63, 3.8) is 0 Å². The van der Waals surface area contributed by atoms with Crippen molar-refractivity contribution in [2.75, 3.05) is 5.32 Å². The van der Waals surface area contributed by atoms with Gasteiger partial charge in [0, 0.05) is 0 Å². The van der Waals surface area contributed by atoms with Crippen molar-refractivity contribution in [3.8, 4) is 5.75 Å². The molecular weight excluding hydrogens is 307 g/mol. The molecule has 0 fully saturated rings. The number of carbonyl (C=O) groups excluding carboxylic acids is 1. The summed E-state index contributed by atoms with van der Waals surface area (Å²) in [6, 6.07) is 9.35. The van der Waals surface area contributed by atoms with E-state index in [1.807, 2.05) is 0 Å². The molecule has 0 heterocycles. The van der Waals surface area contributed by atoms with E-state index in [1.165, 1.54) is 36.4 Å². The first-order chi connectivity index (χ1) is 9.99. The maximum Gasteiger partial charge on any atom is 0.387 e. The van der Waals surface area contributed by atoms with Gasteiger partial charge in [-0.3, -0.25) is 4.79 Å². The Balaban J connectivity index is 2.28. The zero-order valence-corrected chi connectivity index (χ0v) is 11.2. The van der Waals surface area contributed by atoms with E-state index >= 15 is 0 Å². The predicted molar refractivity (Wildman–Crippen MR) is 72.4 cm³/mol. The third-order valence-corrected chi connectivity index (χ3v) is 2.86. The minimum Gasteiger partial charge on any atom is -0.433 e. The van der Waals surface area contributed by atoms with Crippen LogP contribution in [0.15, 0.2) is 42.5 Å². The van der Waals surface area contributed by atoms with E-state index in [2.05, 4.69) is 10.1 Å². The van der Waals surface area contributed by atoms with Gasteiger partial charge in [0.2, 0.25) is 0 Å². The van der Waals surface area contributed by atoms with Crippen molar-refractivity contribution in [3.05, 3.63) is 58.9 Å². The first kappa shape index (κ1) is 15.2. The SMILES string of the molecule is O=C(Nc1ccccc1OC(F)F)c1c(F)cccc1Cl. The molecule has 0 atom stereocenters. The number of rotatable bonds is 4. The van der Waals surface area contributed by atoms with E-state index in [1.54, 1.807) is 0 Å². The highest BCUT2D eigenvalue weighted by Gasteiger charge is 2.18. The molecule has 0 aliphatic carbocycles. The minimum absolute atomic E-state index is 0.0119. The second-order valence-corrected chi connectivity index (χ2v) is 4.33. The van der Waals surface area contributed by atoms with Crippen LogP contribution in [0, 0.1) is 5.82 Å². The third kappa shape index (κ3) is 3.66. The van der Waals surface area contributed by atoms with Crippen LogP contribution in [-0.2, 0) is 0 Å². The molecular formula is C14H9ClF3NO2. The predicted octanol–water partition coefficient (Wildman–Crippen LogP) is 4.33. The Morgan fingerprint density at radius 2 is 1.86 bits per heavy atom. The second-order valence-electron chi connectivity index (χ2n) is 3.93. The van der Waals surface area contributed by atoms with Gasteiger partial charge in [-0.25, -0.2) is 4.39 Å². The van der Waals surface area contributed by atoms with Crippen LogP contribution in [0.4, 0.5) is 18.9 Å². The Hall–Kier alpha value is -2.21. The average molecular weight is 316 g/mol. The molecule has 21 heavy (non-hydrogen) atoms. The third-order valence-electron chi connectivity index (χ3n) is 2.54. The van der Waals surface area contributed by atoms with Gasteiger partial charge in [-0.05, 0) is 24.3 Å². The molecule has 0 aromatic heterocycles. The number of ether oxygens (including phenoxy) is 1. The van der Waals surface area contributed by atoms with Gasteiger partial charge in [0.1, 0.15) is 11.6 Å². The van der Waals surface area contributed by atoms with Gasteiger partial charge in [-0.1, -0.05) is 29.8 Å². The normalized spacial score (nSPS) is 10.5. The molecule has 0 bridgehead atoms. The summed E-state index contributed by atoms with van der Waals surface area (Å²) in [5, 5.41) is 2.21. The lowest BCUT2D eigenvalue weighted by Crippen LogP contribution is -2.15. The summed E-state index contributed by atoms with van der Waals surface area (Å²) < 4.78 is 42.4. The van der Waals surface area contributed by atoms with E-state index in [4.69, 9.17) is 11.6 Å². The highest BCUT2D eigenvalue weighted by molar-refractivity contribution is 6.34. The largest absolute Gasteiger partial charge is 0.433 e. The first-order valence-corrected chi connectivity index (χ1v) is 6.16. The summed E-state index contributed by atoms with van der Waals surface area (Å²) in [5.74, 6) is -1.90. The Morgan fingerprint density at radius 3 is 2.52 bits per heavy atom. The molecule has 0 unspecified atom stereocenters. The molecule has 110 valence electrons. The summed E-state index contributed by atoms with van der Waals surface area (Å²) in [6.07, 6.45) is 0. The van der Waals surface area contributed by atoms with Crippen LogP contribution in [-0.4, -0.2) is 12.5 Å². The zero-order valence-electron chi connectivity index (χ0n) is 10.4. The summed E-state index contributed by atoms with van der Waals surface area (Å²) in [4.78, 5) is 12.0. The maximum atomic E-state index is 13.6. The van der Waals surface area contributed by atoms with Gasteiger partial charge in [0.15, 0.2) is 0 Å². The molecule has 2 aromatic carbocycles. The molecule has 1 N–H and O–H groups in total. The van der Waals surface area contributed by atoms with Crippen LogP contribution in [0.2, 0.25) is 5.02 Å². The fourth-order valence-electron chi connectivity index (χ4n) is 1.67. The van der Waals surface area contributed by atoms with Crippen molar-refractivity contribution < 1.29 is 22.7 Å². The quantitative estimate of drug-likeness (QED) is 0.912. The fraction of sp³-hybridized carbons (Fsp3) is 0.0714. The van der Waals surface area contributed by atoms with Gasteiger partial charge in [-0.2, -0.15) is 8.78 Å². The minimum atomic E-state index is -3.04. The highest BCUT2D eigenvalue weighted by Crippen LogP contribution is 2.27. The van der Waals surface area contributed by atoms with Crippen molar-refractivity contribution in [2.24, 2.45) is 0 Å². The molecule has 0 aliphatic heterocycles. The zero-order chi connectivity index (χ0) is 15.4. The van der Waals surface area contributed by atoms with Crippen LogP contribution in [0.25, 0.3) is 0 Å². The van der Waals surface area contributed by atoms with Gasteiger partial charge in [0.25, 0.3) is 5.91 Å². The van der Waals surface area contributed by atoms with Crippen LogP contribution in [0.1, 0.15) is 10.4 Å². The number of para-hydroxylation sites is 2. The molecule has 0 saturated carbocycles. The second kappa shape index (κ2) is 6.49. The van der Waals surface area contributed by atoms with Crippen LogP contribution < -0.4 is 10.1 Å². The van der Waals surface area contributed by atoms with Crippen molar-refractivity contribution in [1.29, 1.82) is 0 Å². The number of amides is 1. The number of halogens is 4. The van der Waals surface area contributed by atoms with E-state index in [-0.39, 0.29) is 22.0 Å². The number of alkyl halides is 2. The molecule has 2 aromatic rings. The number of anilines is 1. The highest BCUT2D eigenvalue weighted by atomic mass is 35.5. The number of hydrogen-bond donors (Lipinski definition) is 1. The summed E-state index contributed by atoms with van der Waals surface area (Å²) in [6.45, 7) is -3.04. The van der Waals surface area contributed by atoms with Crippen LogP contribution in [0.3, 0.4) is 0 Å². The summed E-state index contributed by atoms with van der Waals surface area (Å²) in [7, 11) is 0. The first-order valence-electron chi connectivity index (χ1n) is 5.78. The van der Waals surface area contributed by atoms with Gasteiger partial charge in [0.05, 0.1) is 16.3 Å². The number of nitrogens with one attached hydrogen (secondary N) is 1. The standard InChI is InChI=1S/C14H9ClF3NO2/c15-8-4-3-5-9(16)12(8)13(20)19-10-6-1-2-7-11(10)21-14(17)18/h1-7,14H,(H,19,20). The number of carbonyl (C=O) groups is 1. The molecule has 3 nitrogen and oxygen atoms in total. The molecule has 2 rings (SSSR count). The Morgan fingerprint density at radius 1 is 1.14 bits per heavy atom. The Kier molecular flexibility index (Phi) is 4.70. The number of hydrogen-bond acceptors (Lipinski definition) is 2. The Labute approximate surface area is 123 Å². The van der Waals surface area contributed by atoms with Crippen molar-refractivity contribution >= 4 is 23.2 Å².